The molecule has 0 radical (unpaired) electrons. The lowest BCUT2D eigenvalue weighted by molar-refractivity contribution is 0.475. The molecule has 2 aromatic heterocycles. The summed E-state index contributed by atoms with van der Waals surface area (Å²) in [7, 11) is 0. The minimum atomic E-state index is -0.337. The SMILES string of the molecule is Cc1nc(C(C)C)c2c(O)cc(=O)[nH]n12. The molecule has 0 aliphatic rings. The van der Waals surface area contributed by atoms with Gasteiger partial charge in [0.2, 0.25) is 0 Å². The molecule has 5 heteroatoms. The van der Waals surface area contributed by atoms with Gasteiger partial charge in [-0.25, -0.2) is 9.50 Å². The zero-order valence-corrected chi connectivity index (χ0v) is 8.90. The molecule has 0 bridgehead atoms. The Hall–Kier alpha value is -1.78. The number of imidazole rings is 1. The summed E-state index contributed by atoms with van der Waals surface area (Å²) in [6, 6.07) is 1.17. The van der Waals surface area contributed by atoms with Gasteiger partial charge >= 0.3 is 0 Å². The Balaban J connectivity index is 2.93. The fourth-order valence-electron chi connectivity index (χ4n) is 1.67. The molecular weight excluding hydrogens is 194 g/mol. The number of nitrogens with one attached hydrogen (secondary N) is 1. The lowest BCUT2D eigenvalue weighted by Crippen LogP contribution is -2.10. The number of nitrogens with zero attached hydrogens (tertiary/aromatic N) is 2. The zero-order valence-electron chi connectivity index (χ0n) is 8.90. The third-order valence-electron chi connectivity index (χ3n) is 2.35. The molecule has 2 N–H and O–H groups in total. The summed E-state index contributed by atoms with van der Waals surface area (Å²) in [4.78, 5) is 15.5. The number of hydrogen-bond acceptors (Lipinski definition) is 3. The third-order valence-corrected chi connectivity index (χ3v) is 2.35. The molecule has 15 heavy (non-hydrogen) atoms. The van der Waals surface area contributed by atoms with Gasteiger partial charge in [-0.15, -0.1) is 0 Å². The van der Waals surface area contributed by atoms with E-state index in [2.05, 4.69) is 10.1 Å². The zero-order chi connectivity index (χ0) is 11.2. The van der Waals surface area contributed by atoms with E-state index in [1.807, 2.05) is 13.8 Å². The molecule has 0 unspecified atom stereocenters. The Labute approximate surface area is 86.4 Å². The van der Waals surface area contributed by atoms with Crippen molar-refractivity contribution in [3.8, 4) is 5.75 Å². The molecule has 0 saturated heterocycles. The highest BCUT2D eigenvalue weighted by molar-refractivity contribution is 5.63. The van der Waals surface area contributed by atoms with Crippen molar-refractivity contribution in [1.29, 1.82) is 0 Å². The van der Waals surface area contributed by atoms with Crippen molar-refractivity contribution in [2.24, 2.45) is 0 Å². The van der Waals surface area contributed by atoms with Crippen molar-refractivity contribution in [2.75, 3.05) is 0 Å². The molecule has 0 spiro atoms. The smallest absolute Gasteiger partial charge is 0.266 e. The first-order valence-electron chi connectivity index (χ1n) is 4.82. The van der Waals surface area contributed by atoms with Crippen molar-refractivity contribution in [2.45, 2.75) is 26.7 Å². The highest BCUT2D eigenvalue weighted by Crippen LogP contribution is 2.25. The van der Waals surface area contributed by atoms with Crippen LogP contribution in [0.5, 0.6) is 5.75 Å². The van der Waals surface area contributed by atoms with Crippen LogP contribution in [0.25, 0.3) is 5.52 Å². The second-order valence-electron chi connectivity index (χ2n) is 3.89. The Kier molecular flexibility index (Phi) is 2.03. The van der Waals surface area contributed by atoms with Gasteiger partial charge in [-0.05, 0) is 12.8 Å². The van der Waals surface area contributed by atoms with E-state index in [1.54, 1.807) is 6.92 Å². The van der Waals surface area contributed by atoms with Crippen LogP contribution in [-0.4, -0.2) is 19.7 Å². The van der Waals surface area contributed by atoms with Gasteiger partial charge in [0, 0.05) is 6.07 Å². The van der Waals surface area contributed by atoms with Crippen LogP contribution in [0, 0.1) is 6.92 Å². The maximum Gasteiger partial charge on any atom is 0.266 e. The van der Waals surface area contributed by atoms with Crippen LogP contribution in [0.4, 0.5) is 0 Å². The molecule has 80 valence electrons. The van der Waals surface area contributed by atoms with Crippen molar-refractivity contribution in [3.63, 3.8) is 0 Å². The van der Waals surface area contributed by atoms with E-state index in [0.29, 0.717) is 11.3 Å². The van der Waals surface area contributed by atoms with Gasteiger partial charge in [-0.2, -0.15) is 0 Å². The van der Waals surface area contributed by atoms with E-state index in [-0.39, 0.29) is 17.2 Å². The number of H-pyrrole nitrogens is 1. The van der Waals surface area contributed by atoms with Crippen molar-refractivity contribution in [1.82, 2.24) is 14.6 Å². The average molecular weight is 207 g/mol. The van der Waals surface area contributed by atoms with E-state index in [0.717, 1.165) is 5.69 Å². The van der Waals surface area contributed by atoms with E-state index in [1.165, 1.54) is 10.6 Å². The highest BCUT2D eigenvalue weighted by Gasteiger charge is 2.15. The summed E-state index contributed by atoms with van der Waals surface area (Å²) in [5.41, 5.74) is 1.04. The highest BCUT2D eigenvalue weighted by atomic mass is 16.3. The summed E-state index contributed by atoms with van der Waals surface area (Å²) in [6.45, 7) is 5.77. The molecule has 0 amide bonds. The van der Waals surface area contributed by atoms with Crippen molar-refractivity contribution < 1.29 is 5.11 Å². The lowest BCUT2D eigenvalue weighted by Gasteiger charge is -2.02. The maximum absolute atomic E-state index is 11.2. The van der Waals surface area contributed by atoms with Gasteiger partial charge in [0.1, 0.15) is 17.1 Å². The molecule has 0 saturated carbocycles. The first-order chi connectivity index (χ1) is 7.00. The molecule has 5 nitrogen and oxygen atoms in total. The van der Waals surface area contributed by atoms with E-state index in [4.69, 9.17) is 0 Å². The topological polar surface area (TPSA) is 70.4 Å². The van der Waals surface area contributed by atoms with Gasteiger partial charge < -0.3 is 5.11 Å². The van der Waals surface area contributed by atoms with Crippen LogP contribution in [0.2, 0.25) is 0 Å². The number of hydrogen-bond donors (Lipinski definition) is 2. The minimum Gasteiger partial charge on any atom is -0.505 e. The first-order valence-corrected chi connectivity index (χ1v) is 4.82. The van der Waals surface area contributed by atoms with E-state index >= 15 is 0 Å². The van der Waals surface area contributed by atoms with E-state index < -0.39 is 0 Å². The summed E-state index contributed by atoms with van der Waals surface area (Å²) in [6.07, 6.45) is 0. The molecular formula is C10H13N3O2. The number of aromatic amines is 1. The van der Waals surface area contributed by atoms with Crippen LogP contribution in [0.15, 0.2) is 10.9 Å². The molecule has 0 aliphatic heterocycles. The lowest BCUT2D eigenvalue weighted by atomic mass is 10.1. The quantitative estimate of drug-likeness (QED) is 0.737. The van der Waals surface area contributed by atoms with Gasteiger partial charge in [-0.1, -0.05) is 13.8 Å². The monoisotopic (exact) mass is 207 g/mol. The largest absolute Gasteiger partial charge is 0.505 e. The molecule has 2 heterocycles. The average Bonchev–Trinajstić information content (AvgIpc) is 2.44. The predicted octanol–water partition coefficient (Wildman–Crippen LogP) is 1.16. The fourth-order valence-corrected chi connectivity index (χ4v) is 1.67. The standard InChI is InChI=1S/C10H13N3O2/c1-5(2)9-10-7(14)4-8(15)12-13(10)6(3)11-9/h4-5,14H,1-3H3,(H,12,15). The van der Waals surface area contributed by atoms with Crippen LogP contribution >= 0.6 is 0 Å². The van der Waals surface area contributed by atoms with Crippen LogP contribution in [0.1, 0.15) is 31.3 Å². The number of rotatable bonds is 1. The van der Waals surface area contributed by atoms with Gasteiger partial charge in [-0.3, -0.25) is 9.89 Å². The van der Waals surface area contributed by atoms with Gasteiger partial charge in [0.15, 0.2) is 0 Å². The second kappa shape index (κ2) is 3.12. The van der Waals surface area contributed by atoms with Gasteiger partial charge in [0.25, 0.3) is 5.56 Å². The van der Waals surface area contributed by atoms with E-state index in [9.17, 15) is 9.90 Å². The van der Waals surface area contributed by atoms with Crippen LogP contribution in [0.3, 0.4) is 0 Å². The van der Waals surface area contributed by atoms with Crippen molar-refractivity contribution >= 4 is 5.52 Å². The number of fused-ring (bicyclic) bond motifs is 1. The summed E-state index contributed by atoms with van der Waals surface area (Å²) in [5, 5.41) is 12.3. The fraction of sp³-hybridized carbons (Fsp3) is 0.400. The number of aryl methyl sites for hydroxylation is 1. The molecule has 0 aromatic carbocycles. The Morgan fingerprint density at radius 2 is 2.20 bits per heavy atom. The Morgan fingerprint density at radius 1 is 1.53 bits per heavy atom. The molecule has 2 aromatic rings. The molecule has 2 rings (SSSR count). The van der Waals surface area contributed by atoms with Crippen LogP contribution < -0.4 is 5.56 Å². The minimum absolute atomic E-state index is 0.0250. The summed E-state index contributed by atoms with van der Waals surface area (Å²) < 4.78 is 1.52. The Morgan fingerprint density at radius 3 is 2.80 bits per heavy atom. The molecule has 0 fully saturated rings. The van der Waals surface area contributed by atoms with Crippen molar-refractivity contribution in [3.05, 3.63) is 27.9 Å². The predicted molar refractivity (Wildman–Crippen MR) is 56.3 cm³/mol. The van der Waals surface area contributed by atoms with Gasteiger partial charge in [0.05, 0.1) is 5.69 Å². The maximum atomic E-state index is 11.2. The molecule has 0 atom stereocenters. The molecule has 0 aliphatic carbocycles. The number of aromatic hydroxyl groups is 1. The summed E-state index contributed by atoms with van der Waals surface area (Å²) >= 11 is 0. The Bertz CT molecular complexity index is 566. The summed E-state index contributed by atoms with van der Waals surface area (Å²) in [5.74, 6) is 0.843. The second-order valence-corrected chi connectivity index (χ2v) is 3.89. The van der Waals surface area contributed by atoms with Crippen LogP contribution in [-0.2, 0) is 0 Å². The third kappa shape index (κ3) is 1.40. The first kappa shape index (κ1) is 9.76. The number of aromatic nitrogens is 3. The normalized spacial score (nSPS) is 11.5.